The molecule has 2 aromatic rings. The molecule has 7 heteroatoms. The second-order valence-electron chi connectivity index (χ2n) is 5.51. The number of methoxy groups -OCH3 is 1. The second kappa shape index (κ2) is 6.13. The maximum atomic E-state index is 11.8. The van der Waals surface area contributed by atoms with Gasteiger partial charge in [0.05, 0.1) is 12.8 Å². The zero-order chi connectivity index (χ0) is 15.4. The van der Waals surface area contributed by atoms with Crippen molar-refractivity contribution in [3.05, 3.63) is 36.2 Å². The van der Waals surface area contributed by atoms with Gasteiger partial charge >= 0.3 is 6.09 Å². The average Bonchev–Trinajstić information content (AvgIpc) is 3.07. The predicted molar refractivity (Wildman–Crippen MR) is 79.5 cm³/mol. The average molecular weight is 301 g/mol. The number of carbonyl (C=O) groups excluding carboxylic acids is 1. The van der Waals surface area contributed by atoms with Crippen LogP contribution in [0.5, 0.6) is 0 Å². The standard InChI is InChI=1S/C15H19N5O2/c1-22-14(21)16-15(10-6-3-7-11-15)13-17-18-19-20(13)12-8-4-2-5-9-12/h2,4-5,8-9H,3,6-7,10-11H2,1H3,(H,16,21). The van der Waals surface area contributed by atoms with E-state index < -0.39 is 11.6 Å². The number of tetrazole rings is 1. The minimum absolute atomic E-state index is 0.454. The molecule has 0 unspecified atom stereocenters. The molecular formula is C15H19N5O2. The number of hydrogen-bond donors (Lipinski definition) is 1. The number of carbonyl (C=O) groups is 1. The van der Waals surface area contributed by atoms with E-state index in [4.69, 9.17) is 4.74 Å². The summed E-state index contributed by atoms with van der Waals surface area (Å²) >= 11 is 0. The van der Waals surface area contributed by atoms with E-state index in [2.05, 4.69) is 20.8 Å². The number of nitrogens with zero attached hydrogens (tertiary/aromatic N) is 4. The molecule has 1 aromatic carbocycles. The molecule has 0 aliphatic heterocycles. The highest BCUT2D eigenvalue weighted by atomic mass is 16.5. The van der Waals surface area contributed by atoms with Gasteiger partial charge in [0.15, 0.2) is 5.82 Å². The number of rotatable bonds is 3. The van der Waals surface area contributed by atoms with E-state index >= 15 is 0 Å². The number of amides is 1. The van der Waals surface area contributed by atoms with Crippen LogP contribution in [0, 0.1) is 0 Å². The number of aromatic nitrogens is 4. The highest BCUT2D eigenvalue weighted by Gasteiger charge is 2.41. The van der Waals surface area contributed by atoms with Crippen molar-refractivity contribution in [1.29, 1.82) is 0 Å². The summed E-state index contributed by atoms with van der Waals surface area (Å²) in [6.07, 6.45) is 4.34. The lowest BCUT2D eigenvalue weighted by atomic mass is 9.81. The first-order chi connectivity index (χ1) is 10.7. The molecule has 0 spiro atoms. The maximum Gasteiger partial charge on any atom is 0.407 e. The monoisotopic (exact) mass is 301 g/mol. The first-order valence-corrected chi connectivity index (χ1v) is 7.46. The van der Waals surface area contributed by atoms with Crippen LogP contribution in [-0.4, -0.2) is 33.4 Å². The molecule has 0 radical (unpaired) electrons. The Morgan fingerprint density at radius 1 is 1.23 bits per heavy atom. The van der Waals surface area contributed by atoms with Gasteiger partial charge in [-0.3, -0.25) is 0 Å². The lowest BCUT2D eigenvalue weighted by Crippen LogP contribution is -2.49. The van der Waals surface area contributed by atoms with E-state index in [1.54, 1.807) is 4.68 Å². The minimum Gasteiger partial charge on any atom is -0.453 e. The molecular weight excluding hydrogens is 282 g/mol. The Balaban J connectivity index is 2.02. The molecule has 1 aliphatic rings. The van der Waals surface area contributed by atoms with Crippen molar-refractivity contribution < 1.29 is 9.53 Å². The summed E-state index contributed by atoms with van der Waals surface area (Å²) in [6, 6.07) is 9.68. The van der Waals surface area contributed by atoms with E-state index in [1.165, 1.54) is 7.11 Å². The number of para-hydroxylation sites is 1. The van der Waals surface area contributed by atoms with Crippen molar-refractivity contribution in [1.82, 2.24) is 25.5 Å². The van der Waals surface area contributed by atoms with E-state index in [-0.39, 0.29) is 0 Å². The Labute approximate surface area is 128 Å². The number of hydrogen-bond acceptors (Lipinski definition) is 5. The number of alkyl carbamates (subject to hydrolysis) is 1. The fourth-order valence-electron chi connectivity index (χ4n) is 3.03. The summed E-state index contributed by atoms with van der Waals surface area (Å²) in [4.78, 5) is 11.8. The van der Waals surface area contributed by atoms with Gasteiger partial charge in [0, 0.05) is 0 Å². The molecule has 7 nitrogen and oxygen atoms in total. The summed E-state index contributed by atoms with van der Waals surface area (Å²) in [5, 5.41) is 15.1. The molecule has 1 amide bonds. The molecule has 0 atom stereocenters. The molecule has 1 N–H and O–H groups in total. The van der Waals surface area contributed by atoms with Crippen LogP contribution in [0.15, 0.2) is 30.3 Å². The van der Waals surface area contributed by atoms with Gasteiger partial charge in [-0.2, -0.15) is 4.68 Å². The van der Waals surface area contributed by atoms with Crippen LogP contribution >= 0.6 is 0 Å². The van der Waals surface area contributed by atoms with Crippen molar-refractivity contribution in [2.24, 2.45) is 0 Å². The first-order valence-electron chi connectivity index (χ1n) is 7.46. The largest absolute Gasteiger partial charge is 0.453 e. The van der Waals surface area contributed by atoms with Crippen molar-refractivity contribution in [2.45, 2.75) is 37.6 Å². The molecule has 1 fully saturated rings. The van der Waals surface area contributed by atoms with Crippen LogP contribution in [0.4, 0.5) is 4.79 Å². The third-order valence-corrected chi connectivity index (χ3v) is 4.13. The summed E-state index contributed by atoms with van der Waals surface area (Å²) in [6.45, 7) is 0. The molecule has 22 heavy (non-hydrogen) atoms. The van der Waals surface area contributed by atoms with E-state index in [0.717, 1.165) is 37.8 Å². The topological polar surface area (TPSA) is 81.9 Å². The van der Waals surface area contributed by atoms with Crippen molar-refractivity contribution in [2.75, 3.05) is 7.11 Å². The van der Waals surface area contributed by atoms with Crippen LogP contribution in [0.25, 0.3) is 5.69 Å². The lowest BCUT2D eigenvalue weighted by molar-refractivity contribution is 0.139. The van der Waals surface area contributed by atoms with Crippen LogP contribution < -0.4 is 5.32 Å². The summed E-state index contributed by atoms with van der Waals surface area (Å²) in [5.74, 6) is 0.656. The molecule has 0 saturated heterocycles. The van der Waals surface area contributed by atoms with Crippen molar-refractivity contribution in [3.63, 3.8) is 0 Å². The quantitative estimate of drug-likeness (QED) is 0.939. The van der Waals surface area contributed by atoms with E-state index in [0.29, 0.717) is 5.82 Å². The number of nitrogens with one attached hydrogen (secondary N) is 1. The summed E-state index contributed by atoms with van der Waals surface area (Å²) < 4.78 is 6.49. The molecule has 1 aliphatic carbocycles. The van der Waals surface area contributed by atoms with Gasteiger partial charge in [-0.05, 0) is 35.4 Å². The van der Waals surface area contributed by atoms with Gasteiger partial charge in [0.1, 0.15) is 5.54 Å². The van der Waals surface area contributed by atoms with Crippen molar-refractivity contribution >= 4 is 6.09 Å². The second-order valence-corrected chi connectivity index (χ2v) is 5.51. The van der Waals surface area contributed by atoms with Gasteiger partial charge in [-0.15, -0.1) is 5.10 Å². The third kappa shape index (κ3) is 2.66. The summed E-state index contributed by atoms with van der Waals surface area (Å²) in [5.41, 5.74) is 0.295. The van der Waals surface area contributed by atoms with Gasteiger partial charge in [-0.25, -0.2) is 4.79 Å². The van der Waals surface area contributed by atoms with Crippen LogP contribution in [0.1, 0.15) is 37.9 Å². The predicted octanol–water partition coefficient (Wildman–Crippen LogP) is 2.18. The lowest BCUT2D eigenvalue weighted by Gasteiger charge is -2.36. The Kier molecular flexibility index (Phi) is 4.04. The SMILES string of the molecule is COC(=O)NC1(c2nnnn2-c2ccccc2)CCCCC1. The van der Waals surface area contributed by atoms with Crippen LogP contribution in [-0.2, 0) is 10.3 Å². The smallest absolute Gasteiger partial charge is 0.407 e. The Morgan fingerprint density at radius 2 is 1.95 bits per heavy atom. The van der Waals surface area contributed by atoms with Gasteiger partial charge in [-0.1, -0.05) is 37.5 Å². The van der Waals surface area contributed by atoms with Crippen LogP contribution in [0.2, 0.25) is 0 Å². The highest BCUT2D eigenvalue weighted by Crippen LogP contribution is 2.36. The third-order valence-electron chi connectivity index (χ3n) is 4.13. The fraction of sp³-hybridized carbons (Fsp3) is 0.467. The van der Waals surface area contributed by atoms with E-state index in [1.807, 2.05) is 30.3 Å². The zero-order valence-electron chi connectivity index (χ0n) is 12.5. The van der Waals surface area contributed by atoms with Crippen LogP contribution in [0.3, 0.4) is 0 Å². The molecule has 1 heterocycles. The number of benzene rings is 1. The molecule has 116 valence electrons. The van der Waals surface area contributed by atoms with Gasteiger partial charge in [0.25, 0.3) is 0 Å². The Hall–Kier alpha value is -2.44. The number of ether oxygens (including phenoxy) is 1. The highest BCUT2D eigenvalue weighted by molar-refractivity contribution is 5.68. The summed E-state index contributed by atoms with van der Waals surface area (Å²) in [7, 11) is 1.37. The van der Waals surface area contributed by atoms with E-state index in [9.17, 15) is 4.79 Å². The zero-order valence-corrected chi connectivity index (χ0v) is 12.5. The van der Waals surface area contributed by atoms with Crippen molar-refractivity contribution in [3.8, 4) is 5.69 Å². The minimum atomic E-state index is -0.579. The fourth-order valence-corrected chi connectivity index (χ4v) is 3.03. The Bertz CT molecular complexity index is 634. The molecule has 0 bridgehead atoms. The normalized spacial score (nSPS) is 17.0. The molecule has 1 aromatic heterocycles. The molecule has 1 saturated carbocycles. The Morgan fingerprint density at radius 3 is 2.64 bits per heavy atom. The maximum absolute atomic E-state index is 11.8. The van der Waals surface area contributed by atoms with Gasteiger partial charge in [0.2, 0.25) is 0 Å². The first kappa shape index (κ1) is 14.5. The van der Waals surface area contributed by atoms with Gasteiger partial charge < -0.3 is 10.1 Å². The molecule has 3 rings (SSSR count).